The molecule has 13 heteroatoms. The highest BCUT2D eigenvalue weighted by molar-refractivity contribution is 9.10. The molecule has 7 rings (SSSR count). The number of aromatic amines is 1. The molecule has 10 nitrogen and oxygen atoms in total. The Hall–Kier alpha value is -2.81. The van der Waals surface area contributed by atoms with E-state index in [1.165, 1.54) is 17.8 Å². The van der Waals surface area contributed by atoms with Crippen molar-refractivity contribution in [3.05, 3.63) is 68.0 Å². The van der Waals surface area contributed by atoms with Crippen molar-refractivity contribution in [3.8, 4) is 0 Å². The monoisotopic (exact) mass is 806 g/mol. The maximum Gasteiger partial charge on any atom is 0.410 e. The molecule has 3 aliphatic heterocycles. The highest BCUT2D eigenvalue weighted by atomic mass is 79.9. The van der Waals surface area contributed by atoms with Crippen molar-refractivity contribution in [1.29, 1.82) is 0 Å². The first kappa shape index (κ1) is 38.0. The van der Waals surface area contributed by atoms with Crippen LogP contribution in [0.15, 0.2) is 57.5 Å². The van der Waals surface area contributed by atoms with Gasteiger partial charge in [-0.3, -0.25) is 4.79 Å². The van der Waals surface area contributed by atoms with Crippen LogP contribution in [0.2, 0.25) is 0 Å². The summed E-state index contributed by atoms with van der Waals surface area (Å²) in [5.41, 5.74) is 7.00. The third-order valence-corrected chi connectivity index (χ3v) is 10.1. The van der Waals surface area contributed by atoms with Gasteiger partial charge < -0.3 is 35.5 Å². The number of nitrogens with zero attached hydrogens (tertiary/aromatic N) is 1. The number of carbonyl (C=O) groups is 3. The summed E-state index contributed by atoms with van der Waals surface area (Å²) in [6, 6.07) is 15.5. The van der Waals surface area contributed by atoms with Crippen LogP contribution in [0.4, 0.5) is 4.79 Å². The van der Waals surface area contributed by atoms with E-state index in [0.29, 0.717) is 22.0 Å². The van der Waals surface area contributed by atoms with Crippen LogP contribution in [0.25, 0.3) is 21.0 Å². The Labute approximate surface area is 302 Å². The van der Waals surface area contributed by atoms with Crippen molar-refractivity contribution in [2.75, 3.05) is 39.4 Å². The summed E-state index contributed by atoms with van der Waals surface area (Å²) in [7, 11) is 0. The minimum absolute atomic E-state index is 0.0623. The lowest BCUT2D eigenvalue weighted by molar-refractivity contribution is 0.0275. The molecule has 0 radical (unpaired) electrons. The van der Waals surface area contributed by atoms with Crippen molar-refractivity contribution in [1.82, 2.24) is 15.2 Å². The average Bonchev–Trinajstić information content (AvgIpc) is 3.85. The molecule has 48 heavy (non-hydrogen) atoms. The fourth-order valence-corrected chi connectivity index (χ4v) is 7.33. The average molecular weight is 809 g/mol. The molecule has 3 aliphatic rings. The number of ether oxygens (including phenoxy) is 2. The minimum Gasteiger partial charge on any atom is -0.477 e. The van der Waals surface area contributed by atoms with Gasteiger partial charge in [0.15, 0.2) is 5.78 Å². The number of Topliss-reactive ketones (excluding diaryl/α,β-unsaturated/α-hetero) is 1. The number of hydrogen-bond donors (Lipinski definition) is 4. The molecular weight excluding hydrogens is 764 g/mol. The second-order valence-corrected chi connectivity index (χ2v) is 16.2. The van der Waals surface area contributed by atoms with Gasteiger partial charge >= 0.3 is 12.1 Å². The Morgan fingerprint density at radius 1 is 1.06 bits per heavy atom. The molecule has 1 amide bonds. The molecule has 2 aromatic heterocycles. The predicted octanol–water partition coefficient (Wildman–Crippen LogP) is 7.84. The fourth-order valence-electron chi connectivity index (χ4n) is 5.51. The normalized spacial score (nSPS) is 20.1. The maximum absolute atomic E-state index is 11.9. The summed E-state index contributed by atoms with van der Waals surface area (Å²) in [4.78, 5) is 38.9. The number of ketones is 1. The molecule has 4 aromatic rings. The Bertz CT molecular complexity index is 1630. The van der Waals surface area contributed by atoms with E-state index in [2.05, 4.69) is 42.2 Å². The van der Waals surface area contributed by atoms with Crippen molar-refractivity contribution in [2.24, 2.45) is 11.1 Å². The summed E-state index contributed by atoms with van der Waals surface area (Å²) in [6.07, 6.45) is 3.18. The standard InChI is InChI=1S/C12H22N2O2.C10H8BrNO.C9H5BrO2S.C4H9NO/c1-11(2,3)16-10(15)14-7-5-12(9-14)4-6-13-8-12;1-6(13)9-4-7-2-3-8(11)5-10(7)12-9;10-6-2-1-5-3-8(9(11)12)13-7(5)4-6;5-4-1-2-6-3-4/h13H,4-9H2,1-3H3;2-5,12H,1H3;1-4H,(H,11,12);4H,1-3,5H2. The Morgan fingerprint density at radius 2 is 1.77 bits per heavy atom. The molecule has 260 valence electrons. The van der Waals surface area contributed by atoms with Crippen LogP contribution in [0.5, 0.6) is 0 Å². The second kappa shape index (κ2) is 16.7. The number of likely N-dealkylation sites (tertiary alicyclic amines) is 1. The number of rotatable bonds is 2. The number of aromatic nitrogens is 1. The molecule has 5 N–H and O–H groups in total. The highest BCUT2D eigenvalue weighted by Gasteiger charge is 2.42. The van der Waals surface area contributed by atoms with Crippen LogP contribution >= 0.6 is 43.2 Å². The van der Waals surface area contributed by atoms with Gasteiger partial charge in [0, 0.05) is 69.2 Å². The zero-order valence-corrected chi connectivity index (χ0v) is 31.7. The van der Waals surface area contributed by atoms with Gasteiger partial charge in [-0.15, -0.1) is 11.3 Å². The SMILES string of the molecule is CC(=O)c1cc2ccc(Br)cc2[nH]1.CC(C)(C)OC(=O)N1CCC2(CCNC2)C1.NC1CCOC1.O=C(O)c1cc2ccc(Br)cc2s1. The molecule has 0 aliphatic carbocycles. The first-order valence-corrected chi connectivity index (χ1v) is 18.3. The van der Waals surface area contributed by atoms with Crippen LogP contribution < -0.4 is 11.1 Å². The summed E-state index contributed by atoms with van der Waals surface area (Å²) in [6.45, 7) is 12.7. The molecule has 0 bridgehead atoms. The maximum atomic E-state index is 11.9. The van der Waals surface area contributed by atoms with Crippen LogP contribution in [0.3, 0.4) is 0 Å². The summed E-state index contributed by atoms with van der Waals surface area (Å²) in [5.74, 6) is -0.801. The topological polar surface area (TPSA) is 147 Å². The summed E-state index contributed by atoms with van der Waals surface area (Å²) in [5, 5.41) is 14.2. The number of aromatic carboxylic acids is 1. The smallest absolute Gasteiger partial charge is 0.410 e. The van der Waals surface area contributed by atoms with Gasteiger partial charge in [0.1, 0.15) is 10.5 Å². The van der Waals surface area contributed by atoms with Crippen molar-refractivity contribution in [2.45, 2.75) is 58.6 Å². The quantitative estimate of drug-likeness (QED) is 0.150. The van der Waals surface area contributed by atoms with Crippen LogP contribution in [-0.4, -0.2) is 83.9 Å². The number of carboxylic acid groups (broad SMARTS) is 1. The van der Waals surface area contributed by atoms with E-state index in [4.69, 9.17) is 20.3 Å². The lowest BCUT2D eigenvalue weighted by atomic mass is 9.87. The zero-order valence-electron chi connectivity index (χ0n) is 27.7. The van der Waals surface area contributed by atoms with E-state index in [0.717, 1.165) is 82.2 Å². The number of benzene rings is 2. The first-order chi connectivity index (χ1) is 22.6. The first-order valence-electron chi connectivity index (χ1n) is 15.9. The lowest BCUT2D eigenvalue weighted by Crippen LogP contribution is -2.37. The zero-order chi connectivity index (χ0) is 35.1. The van der Waals surface area contributed by atoms with Gasteiger partial charge in [-0.1, -0.05) is 44.0 Å². The molecular formula is C35H44Br2N4O6S. The van der Waals surface area contributed by atoms with Crippen LogP contribution in [0.1, 0.15) is 67.1 Å². The van der Waals surface area contributed by atoms with Crippen molar-refractivity contribution in [3.63, 3.8) is 0 Å². The molecule has 3 fully saturated rings. The van der Waals surface area contributed by atoms with Gasteiger partial charge in [-0.05, 0) is 88.4 Å². The van der Waals surface area contributed by atoms with Gasteiger partial charge in [-0.2, -0.15) is 0 Å². The van der Waals surface area contributed by atoms with E-state index in [9.17, 15) is 14.4 Å². The van der Waals surface area contributed by atoms with Gasteiger partial charge in [0.25, 0.3) is 0 Å². The highest BCUT2D eigenvalue weighted by Crippen LogP contribution is 2.36. The van der Waals surface area contributed by atoms with Gasteiger partial charge in [0.05, 0.1) is 12.3 Å². The largest absolute Gasteiger partial charge is 0.477 e. The molecule has 2 unspecified atom stereocenters. The third kappa shape index (κ3) is 11.1. The van der Waals surface area contributed by atoms with E-state index in [1.807, 2.05) is 68.1 Å². The van der Waals surface area contributed by atoms with E-state index in [-0.39, 0.29) is 17.5 Å². The molecule has 0 saturated carbocycles. The Morgan fingerprint density at radius 3 is 2.33 bits per heavy atom. The molecule has 3 saturated heterocycles. The Kier molecular flexibility index (Phi) is 13.2. The molecule has 2 aromatic carbocycles. The fraction of sp³-hybridized carbons (Fsp3) is 0.457. The van der Waals surface area contributed by atoms with E-state index in [1.54, 1.807) is 13.0 Å². The number of H-pyrrole nitrogens is 1. The molecule has 2 atom stereocenters. The van der Waals surface area contributed by atoms with E-state index < -0.39 is 5.97 Å². The Balaban J connectivity index is 0.000000150. The molecule has 5 heterocycles. The summed E-state index contributed by atoms with van der Waals surface area (Å²) >= 11 is 8.00. The van der Waals surface area contributed by atoms with Gasteiger partial charge in [-0.25, -0.2) is 9.59 Å². The molecule has 1 spiro atoms. The van der Waals surface area contributed by atoms with Crippen LogP contribution in [0, 0.1) is 5.41 Å². The van der Waals surface area contributed by atoms with Crippen molar-refractivity contribution >= 4 is 82.0 Å². The van der Waals surface area contributed by atoms with Crippen LogP contribution in [-0.2, 0) is 9.47 Å². The van der Waals surface area contributed by atoms with Gasteiger partial charge in [0.2, 0.25) is 0 Å². The van der Waals surface area contributed by atoms with Crippen molar-refractivity contribution < 1.29 is 29.0 Å². The number of amides is 1. The number of fused-ring (bicyclic) bond motifs is 2. The second-order valence-electron chi connectivity index (χ2n) is 13.3. The predicted molar refractivity (Wildman–Crippen MR) is 198 cm³/mol. The number of halogens is 2. The number of thiophene rings is 1. The lowest BCUT2D eigenvalue weighted by Gasteiger charge is -2.26. The summed E-state index contributed by atoms with van der Waals surface area (Å²) < 4.78 is 13.3. The number of carboxylic acids is 1. The number of nitrogens with two attached hydrogens (primary N) is 1. The number of nitrogens with one attached hydrogen (secondary N) is 2. The third-order valence-electron chi connectivity index (χ3n) is 8.04. The minimum atomic E-state index is -0.864. The van der Waals surface area contributed by atoms with E-state index >= 15 is 0 Å². The number of carbonyl (C=O) groups excluding carboxylic acids is 2. The number of hydrogen-bond acceptors (Lipinski definition) is 8.